The molecule has 3 rings (SSSR count). The van der Waals surface area contributed by atoms with E-state index in [-0.39, 0.29) is 0 Å². The van der Waals surface area contributed by atoms with Crippen LogP contribution in [0.5, 0.6) is 0 Å². The number of nitrogens with zero attached hydrogens (tertiary/aromatic N) is 2. The summed E-state index contributed by atoms with van der Waals surface area (Å²) in [4.78, 5) is 0. The van der Waals surface area contributed by atoms with Crippen LogP contribution in [0.2, 0.25) is 10.8 Å². The molecule has 0 atom stereocenters. The third-order valence-corrected chi connectivity index (χ3v) is 14.7. The Bertz CT molecular complexity index is 1500. The third kappa shape index (κ3) is 26.4. The molecule has 0 N–H and O–H groups in total. The zero-order valence-electron chi connectivity index (χ0n) is 43.8. The van der Waals surface area contributed by atoms with E-state index in [1.807, 2.05) is 14.4 Å². The molecule has 0 radical (unpaired) electrons. The van der Waals surface area contributed by atoms with Gasteiger partial charge < -0.3 is 5.53 Å². The van der Waals surface area contributed by atoms with E-state index in [1.165, 1.54) is 243 Å². The number of hydrogen-bond donors (Lipinski definition) is 0. The Morgan fingerprint density at radius 2 is 0.578 bits per heavy atom. The van der Waals surface area contributed by atoms with Crippen LogP contribution in [0.4, 0.5) is 0 Å². The maximum atomic E-state index is 12.0. The summed E-state index contributed by atoms with van der Waals surface area (Å²) < 4.78 is 1.56. The number of benzene rings is 2. The van der Waals surface area contributed by atoms with Crippen molar-refractivity contribution in [1.82, 2.24) is 0 Å². The van der Waals surface area contributed by atoms with Gasteiger partial charge in [-0.3, -0.25) is 0 Å². The van der Waals surface area contributed by atoms with Crippen LogP contribution in [0.15, 0.2) is 47.5 Å². The summed E-state index contributed by atoms with van der Waals surface area (Å²) in [6.45, 7) is 17.8. The summed E-state index contributed by atoms with van der Waals surface area (Å²) in [6, 6.07) is 13.5. The second-order valence-electron chi connectivity index (χ2n) is 19.9. The number of hydrogen-bond acceptors (Lipinski definition) is 0. The van der Waals surface area contributed by atoms with E-state index in [2.05, 4.69) is 91.8 Å². The molecule has 0 amide bonds. The molecular formula is C61H104N2Ni. The Balaban J connectivity index is 0.00000140. The van der Waals surface area contributed by atoms with Gasteiger partial charge in [0.05, 0.1) is 0 Å². The molecule has 1 aliphatic rings. The molecule has 0 saturated heterocycles. The van der Waals surface area contributed by atoms with E-state index in [1.54, 1.807) is 4.70 Å². The second-order valence-corrected chi connectivity index (χ2v) is 21.4. The van der Waals surface area contributed by atoms with Crippen molar-refractivity contribution in [3.8, 4) is 0 Å². The molecule has 0 unspecified atom stereocenters. The minimum absolute atomic E-state index is 1.01. The van der Waals surface area contributed by atoms with Gasteiger partial charge in [0, 0.05) is 22.3 Å². The summed E-state index contributed by atoms with van der Waals surface area (Å²) in [7, 11) is 0. The van der Waals surface area contributed by atoms with Gasteiger partial charge >= 0.3 is 64.8 Å². The van der Waals surface area contributed by atoms with Crippen molar-refractivity contribution in [3.05, 3.63) is 86.5 Å². The van der Waals surface area contributed by atoms with E-state index in [9.17, 15) is 5.53 Å². The molecule has 0 aromatic heterocycles. The first-order valence-electron chi connectivity index (χ1n) is 27.8. The van der Waals surface area contributed by atoms with Gasteiger partial charge in [-0.05, 0) is 77.6 Å². The monoisotopic (exact) mass is 923 g/mol. The van der Waals surface area contributed by atoms with E-state index >= 15 is 0 Å². The molecule has 0 fully saturated rings. The summed E-state index contributed by atoms with van der Waals surface area (Å²) in [6.07, 6.45) is 48.4. The molecule has 0 aliphatic carbocycles. The van der Waals surface area contributed by atoms with E-state index < -0.39 is 0 Å². The topological polar surface area (TPSA) is 25.3 Å². The van der Waals surface area contributed by atoms with Crippen molar-refractivity contribution in [1.29, 1.82) is 0 Å². The second kappa shape index (κ2) is 39.1. The molecule has 1 heterocycles. The van der Waals surface area contributed by atoms with Crippen LogP contribution in [0, 0.1) is 27.7 Å². The fourth-order valence-electron chi connectivity index (χ4n) is 9.62. The van der Waals surface area contributed by atoms with Gasteiger partial charge in [-0.15, -0.1) is 0 Å². The van der Waals surface area contributed by atoms with Crippen molar-refractivity contribution in [2.45, 2.75) is 291 Å². The predicted octanol–water partition coefficient (Wildman–Crippen LogP) is 21.7. The quantitative estimate of drug-likeness (QED) is 0.0363. The Hall–Kier alpha value is -1.99. The molecule has 0 spiro atoms. The maximum absolute atomic E-state index is 12.0. The van der Waals surface area contributed by atoms with Gasteiger partial charge in [-0.2, -0.15) is 0 Å². The van der Waals surface area contributed by atoms with Crippen LogP contribution in [0.1, 0.15) is 286 Å². The van der Waals surface area contributed by atoms with Crippen molar-refractivity contribution in [2.24, 2.45) is 0 Å². The first-order valence-corrected chi connectivity index (χ1v) is 29.2. The van der Waals surface area contributed by atoms with Crippen LogP contribution in [0.25, 0.3) is 16.9 Å². The molecule has 0 saturated carbocycles. The van der Waals surface area contributed by atoms with Crippen molar-refractivity contribution < 1.29 is 19.1 Å². The van der Waals surface area contributed by atoms with Gasteiger partial charge in [0.15, 0.2) is 0 Å². The average molecular weight is 924 g/mol. The van der Waals surface area contributed by atoms with Gasteiger partial charge in [0.1, 0.15) is 0 Å². The molecular weight excluding hydrogens is 819 g/mol. The molecule has 3 heteroatoms. The van der Waals surface area contributed by atoms with Gasteiger partial charge in [0.2, 0.25) is 11.4 Å². The van der Waals surface area contributed by atoms with Gasteiger partial charge in [-0.25, -0.2) is 4.70 Å². The Morgan fingerprint density at radius 3 is 0.859 bits per heavy atom. The fraction of sp³-hybridized carbons (Fsp3) is 0.738. The first-order chi connectivity index (χ1) is 31.3. The molecule has 368 valence electrons. The number of allylic oxidation sites excluding steroid dienone is 2. The molecule has 2 nitrogen and oxygen atoms in total. The third-order valence-electron chi connectivity index (χ3n) is 13.3. The number of unbranched alkanes of at least 4 members (excludes halogenated alkanes) is 29. The average Bonchev–Trinajstić information content (AvgIpc) is 3.54. The summed E-state index contributed by atoms with van der Waals surface area (Å²) in [5.41, 5.74) is 24.0. The van der Waals surface area contributed by atoms with Gasteiger partial charge in [-0.1, -0.05) is 222 Å². The minimum atomic E-state index is 1.01. The molecule has 2 aromatic carbocycles. The molecule has 64 heavy (non-hydrogen) atoms. The van der Waals surface area contributed by atoms with Crippen LogP contribution < -0.4 is 0 Å². The molecule has 0 bridgehead atoms. The van der Waals surface area contributed by atoms with E-state index in [0.717, 1.165) is 48.2 Å². The van der Waals surface area contributed by atoms with E-state index in [0.29, 0.717) is 0 Å². The SMILES string of the molecule is CCCCCCCCCCCCCCCCCCCCCCCCCCCCCC1=C(c2cc(C)cc(C)c2)[N+](=[N-])C(c2cc(C)cc(C)c2)=C1CCCC.CCC[CH2][Ni][CH2]CCC. The Kier molecular flexibility index (Phi) is 35.5. The normalized spacial score (nSPS) is 12.8. The Morgan fingerprint density at radius 1 is 0.328 bits per heavy atom. The summed E-state index contributed by atoms with van der Waals surface area (Å²) in [5, 5.41) is 2.78. The van der Waals surface area contributed by atoms with Crippen molar-refractivity contribution in [2.75, 3.05) is 0 Å². The van der Waals surface area contributed by atoms with Crippen molar-refractivity contribution >= 4 is 11.4 Å². The molecule has 2 aromatic rings. The fourth-order valence-corrected chi connectivity index (χ4v) is 11.1. The summed E-state index contributed by atoms with van der Waals surface area (Å²) in [5.74, 6) is 0. The predicted molar refractivity (Wildman–Crippen MR) is 283 cm³/mol. The van der Waals surface area contributed by atoms with Crippen LogP contribution in [-0.2, 0) is 14.4 Å². The number of aryl methyl sites for hydroxylation is 4. The molecule has 1 aliphatic heterocycles. The zero-order chi connectivity index (χ0) is 46.5. The first kappa shape index (κ1) is 58.1. The zero-order valence-corrected chi connectivity index (χ0v) is 44.8. The van der Waals surface area contributed by atoms with Crippen LogP contribution in [-0.4, -0.2) is 4.70 Å². The number of rotatable bonds is 39. The van der Waals surface area contributed by atoms with Crippen molar-refractivity contribution in [3.63, 3.8) is 0 Å². The van der Waals surface area contributed by atoms with Crippen LogP contribution >= 0.6 is 0 Å². The van der Waals surface area contributed by atoms with Gasteiger partial charge in [0.25, 0.3) is 0 Å². The standard InChI is InChI=1S/C53H86N2.2C4H9.Ni/c1-7-9-11-12-13-14-15-16-17-18-19-20-21-22-23-24-25-26-27-28-29-30-31-32-33-34-35-37-51-50(36-10-8-2)52(48-40-44(3)38-45(4)41-48)55(54)53(51)49-42-46(5)39-47(6)43-49;2*1-3-4-2;/h38-43H,7-37H2,1-6H3;2*1,3-4H2,2H3;. The summed E-state index contributed by atoms with van der Waals surface area (Å²) >= 11 is 1.94. The Labute approximate surface area is 405 Å². The van der Waals surface area contributed by atoms with Crippen LogP contribution in [0.3, 0.4) is 0 Å². The van der Waals surface area contributed by atoms with E-state index in [4.69, 9.17) is 0 Å².